The summed E-state index contributed by atoms with van der Waals surface area (Å²) in [4.78, 5) is 2.38. The van der Waals surface area contributed by atoms with Crippen molar-refractivity contribution in [1.29, 1.82) is 0 Å². The van der Waals surface area contributed by atoms with Crippen molar-refractivity contribution >= 4 is 35.2 Å². The van der Waals surface area contributed by atoms with E-state index < -0.39 is 0 Å². The minimum atomic E-state index is 0.266. The van der Waals surface area contributed by atoms with E-state index in [0.717, 1.165) is 65.2 Å². The molecule has 3 aliphatic heterocycles. The number of nitrogens with one attached hydrogen (secondary N) is 2. The van der Waals surface area contributed by atoms with E-state index in [4.69, 9.17) is 4.74 Å². The average molecular weight is 728 g/mol. The van der Waals surface area contributed by atoms with Gasteiger partial charge in [-0.1, -0.05) is 128 Å². The zero-order valence-electron chi connectivity index (χ0n) is 31.4. The first-order valence-corrected chi connectivity index (χ1v) is 20.0. The van der Waals surface area contributed by atoms with Gasteiger partial charge >= 0.3 is 0 Å². The van der Waals surface area contributed by atoms with Crippen LogP contribution in [0.15, 0.2) is 192 Å². The molecule has 4 nitrogen and oxygen atoms in total. The third-order valence-electron chi connectivity index (χ3n) is 11.6. The van der Waals surface area contributed by atoms with Crippen LogP contribution in [-0.2, 0) is 0 Å². The molecule has 10 rings (SSSR count). The molecule has 0 saturated carbocycles. The fourth-order valence-corrected chi connectivity index (χ4v) is 8.43. The van der Waals surface area contributed by atoms with Gasteiger partial charge in [-0.25, -0.2) is 0 Å². The maximum absolute atomic E-state index is 6.74. The van der Waals surface area contributed by atoms with Gasteiger partial charge in [0.05, 0.1) is 23.5 Å². The first kappa shape index (κ1) is 34.0. The Labute approximate surface area is 330 Å². The Hall–Kier alpha value is -6.52. The minimum Gasteiger partial charge on any atom is -0.453 e. The summed E-state index contributed by atoms with van der Waals surface area (Å²) in [7, 11) is 0. The summed E-state index contributed by atoms with van der Waals surface area (Å²) < 4.78 is 6.74. The lowest BCUT2D eigenvalue weighted by atomic mass is 9.87. The molecule has 274 valence electrons. The minimum absolute atomic E-state index is 0.266. The largest absolute Gasteiger partial charge is 0.453 e. The highest BCUT2D eigenvalue weighted by Gasteiger charge is 2.28. The average Bonchev–Trinajstić information content (AvgIpc) is 3.27. The molecule has 0 saturated heterocycles. The normalized spacial score (nSPS) is 23.0. The molecule has 4 aliphatic carbocycles. The van der Waals surface area contributed by atoms with E-state index in [1.165, 1.54) is 45.5 Å². The number of allylic oxidation sites excluding steroid dienone is 16. The quantitative estimate of drug-likeness (QED) is 0.238. The lowest BCUT2D eigenvalue weighted by molar-refractivity contribution is 0.475. The topological polar surface area (TPSA) is 36.5 Å². The number of nitrogens with zero attached hydrogens (tertiary/aromatic N) is 1. The molecule has 56 heavy (non-hydrogen) atoms. The highest BCUT2D eigenvalue weighted by molar-refractivity contribution is 5.84. The lowest BCUT2D eigenvalue weighted by Crippen LogP contribution is -2.30. The monoisotopic (exact) mass is 727 g/mol. The molecule has 0 aromatic heterocycles. The van der Waals surface area contributed by atoms with Crippen LogP contribution in [0.3, 0.4) is 0 Å². The van der Waals surface area contributed by atoms with Crippen molar-refractivity contribution in [2.75, 3.05) is 4.90 Å². The Morgan fingerprint density at radius 2 is 1.45 bits per heavy atom. The Morgan fingerprint density at radius 1 is 0.661 bits per heavy atom. The van der Waals surface area contributed by atoms with E-state index >= 15 is 0 Å². The number of benzene rings is 3. The molecule has 3 aromatic carbocycles. The van der Waals surface area contributed by atoms with Crippen molar-refractivity contribution in [3.05, 3.63) is 214 Å². The van der Waals surface area contributed by atoms with E-state index in [0.29, 0.717) is 12.0 Å². The lowest BCUT2D eigenvalue weighted by Gasteiger charge is -2.35. The summed E-state index contributed by atoms with van der Waals surface area (Å²) in [6.07, 6.45) is 49.9. The van der Waals surface area contributed by atoms with Gasteiger partial charge < -0.3 is 20.3 Å². The molecule has 0 amide bonds. The van der Waals surface area contributed by atoms with Crippen molar-refractivity contribution in [3.8, 4) is 11.5 Å². The third-order valence-corrected chi connectivity index (χ3v) is 11.6. The second kappa shape index (κ2) is 15.0. The summed E-state index contributed by atoms with van der Waals surface area (Å²) >= 11 is 0. The van der Waals surface area contributed by atoms with Crippen LogP contribution in [-0.4, -0.2) is 12.1 Å². The SMILES string of the molecule is C1=CCCC(N2c3ccc(/C=C/c4ccc(C5=CNC6C=CC=CC6=C5)cc4)cc3Oc3cc(/C=C/C4C=CC(C5=CNC6CCC=CC6=C5)=CC4)ccc32)=C1. The van der Waals surface area contributed by atoms with Gasteiger partial charge in [-0.05, 0) is 131 Å². The maximum atomic E-state index is 6.74. The molecule has 7 aliphatic rings. The van der Waals surface area contributed by atoms with Crippen LogP contribution in [0.2, 0.25) is 0 Å². The molecule has 3 unspecified atom stereocenters. The van der Waals surface area contributed by atoms with Crippen LogP contribution in [0.25, 0.3) is 23.8 Å². The molecule has 0 radical (unpaired) electrons. The number of ether oxygens (including phenoxy) is 1. The molecule has 0 bridgehead atoms. The van der Waals surface area contributed by atoms with Crippen LogP contribution in [0, 0.1) is 5.92 Å². The second-order valence-corrected chi connectivity index (χ2v) is 15.3. The van der Waals surface area contributed by atoms with Gasteiger partial charge in [0.25, 0.3) is 0 Å². The Kier molecular flexibility index (Phi) is 9.08. The van der Waals surface area contributed by atoms with Crippen molar-refractivity contribution in [2.24, 2.45) is 5.92 Å². The molecule has 3 atom stereocenters. The van der Waals surface area contributed by atoms with Gasteiger partial charge in [0.15, 0.2) is 11.5 Å². The summed E-state index contributed by atoms with van der Waals surface area (Å²) in [6, 6.07) is 22.6. The second-order valence-electron chi connectivity index (χ2n) is 15.3. The zero-order chi connectivity index (χ0) is 37.3. The van der Waals surface area contributed by atoms with Crippen LogP contribution in [0.5, 0.6) is 11.5 Å². The number of hydrogen-bond donors (Lipinski definition) is 2. The fourth-order valence-electron chi connectivity index (χ4n) is 8.43. The van der Waals surface area contributed by atoms with Crippen molar-refractivity contribution in [3.63, 3.8) is 0 Å². The Bertz CT molecular complexity index is 2490. The van der Waals surface area contributed by atoms with E-state index in [1.54, 1.807) is 0 Å². The summed E-state index contributed by atoms with van der Waals surface area (Å²) in [5, 5.41) is 7.12. The van der Waals surface area contributed by atoms with Crippen LogP contribution in [0.4, 0.5) is 11.4 Å². The van der Waals surface area contributed by atoms with Crippen molar-refractivity contribution in [1.82, 2.24) is 10.6 Å². The predicted octanol–water partition coefficient (Wildman–Crippen LogP) is 12.3. The first-order valence-electron chi connectivity index (χ1n) is 20.0. The highest BCUT2D eigenvalue weighted by atomic mass is 16.5. The first-order chi connectivity index (χ1) is 27.7. The molecule has 0 fully saturated rings. The zero-order valence-corrected chi connectivity index (χ0v) is 31.4. The standard InChI is InChI=1S/C52H45N3O/c1-2-10-46(11-3-1)55-49-28-22-38(16-14-36-18-24-40(25-19-36)44-32-42-8-4-6-12-47(42)53-34-44)30-51(49)56-52-31-39(23-29-50(52)55)17-15-37-20-26-41(27-21-37)45-33-43-9-5-7-13-48(43)54-35-45/h1-2,4-6,8-10,12,14-20,22-35,37,47-48,53-54H,3,7,11,13,21H2/b16-14+,17-15+. The van der Waals surface area contributed by atoms with Gasteiger partial charge in [-0.15, -0.1) is 0 Å². The number of dihydropyridines is 2. The highest BCUT2D eigenvalue weighted by Crippen LogP contribution is 2.50. The Morgan fingerprint density at radius 3 is 2.25 bits per heavy atom. The smallest absolute Gasteiger partial charge is 0.152 e. The number of rotatable bonds is 7. The summed E-state index contributed by atoms with van der Waals surface area (Å²) in [6.45, 7) is 0. The molecule has 3 aromatic rings. The van der Waals surface area contributed by atoms with Crippen molar-refractivity contribution in [2.45, 2.75) is 44.2 Å². The van der Waals surface area contributed by atoms with E-state index in [1.807, 2.05) is 0 Å². The number of hydrogen-bond acceptors (Lipinski definition) is 4. The number of fused-ring (bicyclic) bond motifs is 4. The number of anilines is 2. The molecular formula is C52H45N3O. The van der Waals surface area contributed by atoms with E-state index in [2.05, 4.69) is 198 Å². The summed E-state index contributed by atoms with van der Waals surface area (Å²) in [5.74, 6) is 2.09. The van der Waals surface area contributed by atoms with Gasteiger partial charge in [0.1, 0.15) is 0 Å². The third kappa shape index (κ3) is 6.95. The van der Waals surface area contributed by atoms with Crippen LogP contribution < -0.4 is 20.3 Å². The summed E-state index contributed by atoms with van der Waals surface area (Å²) in [5.41, 5.74) is 14.4. The van der Waals surface area contributed by atoms with Gasteiger partial charge in [-0.3, -0.25) is 0 Å². The van der Waals surface area contributed by atoms with Gasteiger partial charge in [-0.2, -0.15) is 0 Å². The fraction of sp³-hybridized carbons (Fsp3) is 0.154. The Balaban J connectivity index is 0.854. The maximum Gasteiger partial charge on any atom is 0.152 e. The van der Waals surface area contributed by atoms with Crippen LogP contribution in [0.1, 0.15) is 54.4 Å². The van der Waals surface area contributed by atoms with Gasteiger partial charge in [0, 0.05) is 18.1 Å². The van der Waals surface area contributed by atoms with Crippen LogP contribution >= 0.6 is 0 Å². The molecule has 4 heteroatoms. The van der Waals surface area contributed by atoms with E-state index in [9.17, 15) is 0 Å². The predicted molar refractivity (Wildman–Crippen MR) is 234 cm³/mol. The van der Waals surface area contributed by atoms with Gasteiger partial charge in [0.2, 0.25) is 0 Å². The van der Waals surface area contributed by atoms with Crippen molar-refractivity contribution < 1.29 is 4.74 Å². The molecule has 0 spiro atoms. The van der Waals surface area contributed by atoms with E-state index in [-0.39, 0.29) is 6.04 Å². The molecular weight excluding hydrogens is 683 g/mol. The molecule has 3 heterocycles. The molecule has 2 N–H and O–H groups in total.